The maximum atomic E-state index is 12.7. The molecule has 0 saturated heterocycles. The highest BCUT2D eigenvalue weighted by molar-refractivity contribution is 7.86. The Hall–Kier alpha value is -6.12. The van der Waals surface area contributed by atoms with E-state index in [1.165, 1.54) is 48.6 Å². The minimum absolute atomic E-state index is 0.0331. The largest absolute Gasteiger partial charge is 0.457 e. The number of hydrogen-bond acceptors (Lipinski definition) is 13. The Morgan fingerprint density at radius 1 is 0.789 bits per heavy atom. The van der Waals surface area contributed by atoms with Crippen molar-refractivity contribution in [2.24, 2.45) is 11.3 Å². The first-order valence-corrected chi connectivity index (χ1v) is 30.3. The number of hydrogen-bond donors (Lipinski definition) is 5. The Labute approximate surface area is 443 Å². The molecule has 5 N–H and O–H groups in total. The van der Waals surface area contributed by atoms with Gasteiger partial charge in [-0.1, -0.05) is 45.9 Å². The van der Waals surface area contributed by atoms with Gasteiger partial charge in [0.1, 0.15) is 17.3 Å². The van der Waals surface area contributed by atoms with Crippen molar-refractivity contribution in [2.45, 2.75) is 88.3 Å². The number of ether oxygens (including phenoxy) is 1. The summed E-state index contributed by atoms with van der Waals surface area (Å²) in [5.41, 5.74) is 3.76. The molecule has 7 rings (SSSR count). The zero-order valence-corrected chi connectivity index (χ0v) is 45.9. The van der Waals surface area contributed by atoms with Gasteiger partial charge in [-0.15, -0.1) is 0 Å². The molecule has 24 heteroatoms. The molecule has 2 atom stereocenters. The lowest BCUT2D eigenvalue weighted by Gasteiger charge is -2.36. The van der Waals surface area contributed by atoms with E-state index in [1.54, 1.807) is 52.8 Å². The Morgan fingerprint density at radius 3 is 2.01 bits per heavy atom. The van der Waals surface area contributed by atoms with Crippen LogP contribution in [0.4, 0.5) is 11.4 Å². The van der Waals surface area contributed by atoms with E-state index in [1.807, 2.05) is 26.0 Å². The zero-order valence-electron chi connectivity index (χ0n) is 42.6. The molecule has 408 valence electrons. The number of rotatable bonds is 19. The molecular formula is C52H61N4O16S4+. The number of nitrogens with one attached hydrogen (secondary N) is 1. The third-order valence-corrected chi connectivity index (χ3v) is 17.2. The van der Waals surface area contributed by atoms with E-state index in [2.05, 4.69) is 26.1 Å². The highest BCUT2D eigenvalue weighted by atomic mass is 32.2. The van der Waals surface area contributed by atoms with Crippen LogP contribution in [-0.4, -0.2) is 122 Å². The maximum absolute atomic E-state index is 12.7. The molecule has 0 fully saturated rings. The van der Waals surface area contributed by atoms with Crippen LogP contribution < -0.4 is 15.0 Å². The molecular weight excluding hydrogens is 1060 g/mol. The second-order valence-electron chi connectivity index (χ2n) is 20.7. The van der Waals surface area contributed by atoms with Gasteiger partial charge in [0.15, 0.2) is 12.3 Å². The molecule has 0 bridgehead atoms. The Kier molecular flexibility index (Phi) is 16.5. The van der Waals surface area contributed by atoms with Gasteiger partial charge >= 0.3 is 0 Å². The number of amides is 3. The lowest BCUT2D eigenvalue weighted by Crippen LogP contribution is -2.38. The van der Waals surface area contributed by atoms with E-state index in [0.29, 0.717) is 75.8 Å². The summed E-state index contributed by atoms with van der Waals surface area (Å²) in [4.78, 5) is 38.5. The van der Waals surface area contributed by atoms with Crippen molar-refractivity contribution in [2.75, 3.05) is 42.6 Å². The van der Waals surface area contributed by atoms with Crippen molar-refractivity contribution in [3.05, 3.63) is 136 Å². The lowest BCUT2D eigenvalue weighted by molar-refractivity contribution is -0.432. The van der Waals surface area contributed by atoms with Crippen molar-refractivity contribution < 1.29 is 75.6 Å². The van der Waals surface area contributed by atoms with Crippen molar-refractivity contribution >= 4 is 75.3 Å². The van der Waals surface area contributed by atoms with Crippen LogP contribution in [0.2, 0.25) is 0 Å². The van der Waals surface area contributed by atoms with E-state index in [4.69, 9.17) is 4.74 Å². The number of fused-ring (bicyclic) bond motifs is 2. The van der Waals surface area contributed by atoms with Gasteiger partial charge in [0.2, 0.25) is 11.6 Å². The number of carbonyl (C=O) groups excluding carboxylic acids is 3. The molecule has 0 aromatic heterocycles. The second-order valence-corrected chi connectivity index (χ2v) is 26.6. The standard InChI is InChI=1S/C52H60N4O16S4/c1-33-41-31-39(75(66,67)68)14-17-44(41)54(25-27-73(60,61)62)43(33)16-10-35-29-37(51(2,3)4)30-36(11-19-46-52(5,6)42-32-40(76(69,70)71)15-18-45(42)55(46)26-28-74(63,64)65)50(35)72-38-12-7-34(8-13-38)9-20-47(57)53-23-24-56-48(58)21-22-49(56)59/h7-8,10-19,21-22,31-33,37H,9,20,23-30H2,1-6H3,(H4-,53,57,60,61,62,63,64,65,66,67,68,69,70,71)/p+1. The number of anilines is 1. The summed E-state index contributed by atoms with van der Waals surface area (Å²) in [7, 11) is -18.2. The summed E-state index contributed by atoms with van der Waals surface area (Å²) in [6.07, 6.45) is 10.9. The van der Waals surface area contributed by atoms with E-state index in [9.17, 15) is 66.3 Å². The monoisotopic (exact) mass is 1130 g/mol. The minimum atomic E-state index is -4.64. The predicted molar refractivity (Wildman–Crippen MR) is 283 cm³/mol. The van der Waals surface area contributed by atoms with Crippen LogP contribution in [0.3, 0.4) is 0 Å². The SMILES string of the molecule is CC1C(=CC=C2CC(C(C)(C)C)CC(C=CC3=[N+](CCS(=O)(=O)O)c4ccc(S(=O)(=O)O)cc4C3(C)C)=C2Oc2ccc(CCC(=O)NCCN3C(=O)C=CC3=O)cc2)N(CCS(=O)(=O)O)c2ccc(S(=O)(=O)O)cc21. The molecule has 1 aliphatic carbocycles. The smallest absolute Gasteiger partial charge is 0.294 e. The number of nitrogens with zero attached hydrogens (tertiary/aromatic N) is 3. The van der Waals surface area contributed by atoms with Gasteiger partial charge in [0.05, 0.1) is 21.0 Å². The number of allylic oxidation sites excluding steroid dienone is 7. The Bertz CT molecular complexity index is 3520. The van der Waals surface area contributed by atoms with Crippen molar-refractivity contribution in [1.82, 2.24) is 10.2 Å². The molecule has 3 heterocycles. The van der Waals surface area contributed by atoms with Crippen LogP contribution in [0.1, 0.15) is 83.4 Å². The molecule has 76 heavy (non-hydrogen) atoms. The Balaban J connectivity index is 1.32. The molecule has 0 radical (unpaired) electrons. The molecule has 3 amide bonds. The summed E-state index contributed by atoms with van der Waals surface area (Å²) in [6, 6.07) is 15.0. The maximum Gasteiger partial charge on any atom is 0.294 e. The molecule has 3 aliphatic heterocycles. The lowest BCUT2D eigenvalue weighted by atomic mass is 9.70. The summed E-state index contributed by atoms with van der Waals surface area (Å²) < 4.78 is 146. The summed E-state index contributed by atoms with van der Waals surface area (Å²) in [5.74, 6) is -2.30. The van der Waals surface area contributed by atoms with Crippen LogP contribution in [0.15, 0.2) is 130 Å². The second kappa shape index (κ2) is 21.7. The average Bonchev–Trinajstić information content (AvgIpc) is 3.86. The molecule has 3 aromatic carbocycles. The van der Waals surface area contributed by atoms with Crippen molar-refractivity contribution in [3.63, 3.8) is 0 Å². The first kappa shape index (κ1) is 57.6. The molecule has 4 aliphatic rings. The number of imide groups is 1. The van der Waals surface area contributed by atoms with Crippen LogP contribution in [0.5, 0.6) is 5.75 Å². The van der Waals surface area contributed by atoms with Crippen molar-refractivity contribution in [3.8, 4) is 5.75 Å². The van der Waals surface area contributed by atoms with Gasteiger partial charge in [-0.3, -0.25) is 37.5 Å². The van der Waals surface area contributed by atoms with Crippen LogP contribution in [-0.2, 0) is 66.7 Å². The van der Waals surface area contributed by atoms with Crippen LogP contribution in [0, 0.1) is 11.3 Å². The van der Waals surface area contributed by atoms with E-state index >= 15 is 0 Å². The predicted octanol–water partition coefficient (Wildman–Crippen LogP) is 6.09. The van der Waals surface area contributed by atoms with Gasteiger partial charge in [-0.2, -0.15) is 38.2 Å². The summed E-state index contributed by atoms with van der Waals surface area (Å²) in [5, 5.41) is 2.73. The number of benzene rings is 3. The van der Waals surface area contributed by atoms with E-state index in [-0.39, 0.29) is 59.6 Å². The fraction of sp³-hybridized carbons (Fsp3) is 0.385. The van der Waals surface area contributed by atoms with Crippen LogP contribution >= 0.6 is 0 Å². The van der Waals surface area contributed by atoms with Gasteiger partial charge in [-0.05, 0) is 121 Å². The first-order chi connectivity index (χ1) is 35.2. The van der Waals surface area contributed by atoms with Gasteiger partial charge in [-0.25, -0.2) is 0 Å². The highest BCUT2D eigenvalue weighted by Gasteiger charge is 2.46. The summed E-state index contributed by atoms with van der Waals surface area (Å²) >= 11 is 0. The average molecular weight is 1130 g/mol. The molecule has 3 aromatic rings. The topological polar surface area (TPSA) is 299 Å². The third-order valence-electron chi connectivity index (χ3n) is 14.1. The van der Waals surface area contributed by atoms with E-state index in [0.717, 1.165) is 10.5 Å². The first-order valence-electron chi connectivity index (χ1n) is 24.2. The molecule has 20 nitrogen and oxygen atoms in total. The van der Waals surface area contributed by atoms with Gasteiger partial charge in [0, 0.05) is 73.2 Å². The quantitative estimate of drug-likeness (QED) is 0.0516. The molecule has 0 saturated carbocycles. The normalized spacial score (nSPS) is 20.2. The van der Waals surface area contributed by atoms with Crippen molar-refractivity contribution in [1.29, 1.82) is 0 Å². The van der Waals surface area contributed by atoms with Crippen LogP contribution in [0.25, 0.3) is 0 Å². The minimum Gasteiger partial charge on any atom is -0.457 e. The third kappa shape index (κ3) is 13.5. The summed E-state index contributed by atoms with van der Waals surface area (Å²) in [6.45, 7) is 11.3. The highest BCUT2D eigenvalue weighted by Crippen LogP contribution is 2.47. The van der Waals surface area contributed by atoms with Gasteiger partial charge in [0.25, 0.3) is 52.3 Å². The van der Waals surface area contributed by atoms with Gasteiger partial charge < -0.3 is 15.0 Å². The Morgan fingerprint density at radius 2 is 1.41 bits per heavy atom. The number of aryl methyl sites for hydroxylation is 1. The zero-order chi connectivity index (χ0) is 55.9. The fourth-order valence-electron chi connectivity index (χ4n) is 9.81. The fourth-order valence-corrected chi connectivity index (χ4v) is 11.7. The number of carbonyl (C=O) groups is 3. The molecule has 0 spiro atoms. The molecule has 2 unspecified atom stereocenters. The van der Waals surface area contributed by atoms with E-state index < -0.39 is 75.1 Å².